The van der Waals surface area contributed by atoms with E-state index in [0.717, 1.165) is 6.42 Å². The number of likely N-dealkylation sites (tertiary alicyclic amines) is 1. The number of halogens is 4. The van der Waals surface area contributed by atoms with Crippen LogP contribution in [-0.2, 0) is 4.79 Å². The molecular weight excluding hydrogens is 469 g/mol. The first-order valence-corrected chi connectivity index (χ1v) is 11.6. The van der Waals surface area contributed by atoms with Crippen molar-refractivity contribution in [1.82, 2.24) is 20.9 Å². The van der Waals surface area contributed by atoms with Gasteiger partial charge < -0.3 is 10.4 Å². The van der Waals surface area contributed by atoms with Gasteiger partial charge in [-0.15, -0.1) is 0 Å². The van der Waals surface area contributed by atoms with Crippen molar-refractivity contribution in [3.63, 3.8) is 0 Å². The van der Waals surface area contributed by atoms with Crippen LogP contribution >= 0.6 is 11.6 Å². The third-order valence-electron chi connectivity index (χ3n) is 6.64. The van der Waals surface area contributed by atoms with Crippen molar-refractivity contribution in [2.24, 2.45) is 11.3 Å². The van der Waals surface area contributed by atoms with E-state index in [1.165, 1.54) is 5.56 Å². The Morgan fingerprint density at radius 1 is 1.21 bits per heavy atom. The Morgan fingerprint density at radius 2 is 1.82 bits per heavy atom. The topological polar surface area (TPSA) is 87.9 Å². The van der Waals surface area contributed by atoms with Gasteiger partial charge in [-0.2, -0.15) is 13.2 Å². The summed E-state index contributed by atoms with van der Waals surface area (Å²) in [6.45, 7) is 9.55. The van der Waals surface area contributed by atoms with Gasteiger partial charge in [-0.05, 0) is 54.3 Å². The lowest BCUT2D eigenvalue weighted by Gasteiger charge is -2.46. The fraction of sp³-hybridized carbons (Fsp3) is 0.708. The standard InChI is InChI=1S/C23H34ClF3N4O.CH4.H2O/c1-14(2)19(30-21-28-11-9-18(29-21)23(25,26)27)20(32)31-12-10-17(22(3,4)13-31)15-5-7-16(24)8-6-15;;/h5-8,14,17-19,21,28-30H,9-13H2,1-4H3;1H4;1H2/t17?,18?,19-,21?;;/m1../s1. The van der Waals surface area contributed by atoms with Gasteiger partial charge in [-0.3, -0.25) is 20.7 Å². The summed E-state index contributed by atoms with van der Waals surface area (Å²) < 4.78 is 39.4. The normalized spacial score (nSPS) is 25.8. The molecule has 0 bridgehead atoms. The van der Waals surface area contributed by atoms with E-state index in [1.807, 2.05) is 43.0 Å². The van der Waals surface area contributed by atoms with Crippen molar-refractivity contribution in [3.8, 4) is 0 Å². The largest absolute Gasteiger partial charge is 0.412 e. The molecule has 2 aliphatic heterocycles. The number of amides is 1. The lowest BCUT2D eigenvalue weighted by Crippen LogP contribution is -2.68. The quantitative estimate of drug-likeness (QED) is 0.563. The van der Waals surface area contributed by atoms with E-state index in [1.54, 1.807) is 0 Å². The highest BCUT2D eigenvalue weighted by atomic mass is 35.5. The van der Waals surface area contributed by atoms with Gasteiger partial charge in [0.2, 0.25) is 5.91 Å². The minimum atomic E-state index is -4.31. The highest BCUT2D eigenvalue weighted by Gasteiger charge is 2.44. The predicted octanol–water partition coefficient (Wildman–Crippen LogP) is 3.91. The van der Waals surface area contributed by atoms with E-state index in [9.17, 15) is 18.0 Å². The Balaban J connectivity index is 0.00000289. The molecule has 10 heteroatoms. The van der Waals surface area contributed by atoms with Crippen LogP contribution in [0.25, 0.3) is 0 Å². The predicted molar refractivity (Wildman–Crippen MR) is 131 cm³/mol. The number of carbonyl (C=O) groups excluding carboxylic acids is 1. The molecule has 3 unspecified atom stereocenters. The lowest BCUT2D eigenvalue weighted by atomic mass is 9.70. The van der Waals surface area contributed by atoms with E-state index in [-0.39, 0.29) is 43.1 Å². The molecule has 1 aromatic rings. The van der Waals surface area contributed by atoms with Crippen LogP contribution in [0.1, 0.15) is 59.4 Å². The summed E-state index contributed by atoms with van der Waals surface area (Å²) in [4.78, 5) is 15.3. The Bertz CT molecular complexity index is 789. The monoisotopic (exact) mass is 508 g/mol. The summed E-state index contributed by atoms with van der Waals surface area (Å²) in [5.41, 5.74) is 1.06. The summed E-state index contributed by atoms with van der Waals surface area (Å²) >= 11 is 6.03. The molecule has 0 spiro atoms. The second-order valence-electron chi connectivity index (χ2n) is 9.97. The van der Waals surface area contributed by atoms with Gasteiger partial charge in [-0.1, -0.05) is 58.9 Å². The molecule has 2 heterocycles. The lowest BCUT2D eigenvalue weighted by molar-refractivity contribution is -0.164. The van der Waals surface area contributed by atoms with Crippen molar-refractivity contribution < 1.29 is 23.4 Å². The van der Waals surface area contributed by atoms with Crippen molar-refractivity contribution in [2.45, 2.75) is 78.4 Å². The average molecular weight is 509 g/mol. The SMILES string of the molecule is C.CC(C)[C@@H](NC1NCCC(C(F)(F)F)N1)C(=O)N1CCC(c2ccc(Cl)cc2)C(C)(C)C1.O. The van der Waals surface area contributed by atoms with Crippen LogP contribution in [0.3, 0.4) is 0 Å². The molecule has 6 nitrogen and oxygen atoms in total. The van der Waals surface area contributed by atoms with Gasteiger partial charge in [-0.25, -0.2) is 0 Å². The number of nitrogens with zero attached hydrogens (tertiary/aromatic N) is 1. The zero-order chi connectivity index (χ0) is 23.7. The zero-order valence-corrected chi connectivity index (χ0v) is 20.4. The van der Waals surface area contributed by atoms with E-state index in [4.69, 9.17) is 11.6 Å². The van der Waals surface area contributed by atoms with Crippen molar-refractivity contribution in [2.75, 3.05) is 19.6 Å². The number of alkyl halides is 3. The first-order valence-electron chi connectivity index (χ1n) is 11.2. The molecule has 0 saturated carbocycles. The smallest absolute Gasteiger partial charge is 0.403 e. The molecule has 2 aliphatic rings. The van der Waals surface area contributed by atoms with E-state index >= 15 is 0 Å². The van der Waals surface area contributed by atoms with Crippen molar-refractivity contribution in [3.05, 3.63) is 34.9 Å². The minimum absolute atomic E-state index is 0. The molecule has 1 amide bonds. The molecule has 0 radical (unpaired) electrons. The number of nitrogens with one attached hydrogen (secondary N) is 3. The molecule has 34 heavy (non-hydrogen) atoms. The molecule has 4 atom stereocenters. The van der Waals surface area contributed by atoms with Crippen LogP contribution in [0.2, 0.25) is 5.02 Å². The minimum Gasteiger partial charge on any atom is -0.412 e. The molecule has 1 aromatic carbocycles. The maximum atomic E-state index is 13.4. The number of benzene rings is 1. The number of rotatable bonds is 5. The summed E-state index contributed by atoms with van der Waals surface area (Å²) in [5.74, 6) is 0.151. The summed E-state index contributed by atoms with van der Waals surface area (Å²) in [7, 11) is 0. The van der Waals surface area contributed by atoms with E-state index in [2.05, 4.69) is 29.8 Å². The van der Waals surface area contributed by atoms with E-state index < -0.39 is 24.5 Å². The maximum absolute atomic E-state index is 13.4. The molecule has 5 N–H and O–H groups in total. The Kier molecular flexibility index (Phi) is 10.8. The third-order valence-corrected chi connectivity index (χ3v) is 6.89. The van der Waals surface area contributed by atoms with Crippen LogP contribution in [0, 0.1) is 11.3 Å². The second-order valence-corrected chi connectivity index (χ2v) is 10.4. The highest BCUT2D eigenvalue weighted by Crippen LogP contribution is 2.42. The number of piperidine rings is 1. The molecule has 3 rings (SSSR count). The molecular formula is C24H40ClF3N4O2. The number of hydrogen-bond donors (Lipinski definition) is 3. The molecule has 2 fully saturated rings. The fourth-order valence-electron chi connectivity index (χ4n) is 4.86. The van der Waals surface area contributed by atoms with Crippen LogP contribution in [-0.4, -0.2) is 60.5 Å². The molecule has 2 saturated heterocycles. The molecule has 196 valence electrons. The molecule has 0 aliphatic carbocycles. The van der Waals surface area contributed by atoms with Gasteiger partial charge in [0.25, 0.3) is 0 Å². The van der Waals surface area contributed by atoms with Gasteiger partial charge in [0.05, 0.1) is 6.04 Å². The molecule has 0 aromatic heterocycles. The Hall–Kier alpha value is -1.39. The van der Waals surface area contributed by atoms with E-state index in [0.29, 0.717) is 24.0 Å². The first kappa shape index (κ1) is 30.6. The maximum Gasteiger partial charge on any atom is 0.403 e. The van der Waals surface area contributed by atoms with Gasteiger partial charge in [0, 0.05) is 18.1 Å². The first-order chi connectivity index (χ1) is 14.9. The summed E-state index contributed by atoms with van der Waals surface area (Å²) in [6, 6.07) is 5.70. The van der Waals surface area contributed by atoms with Crippen molar-refractivity contribution >= 4 is 17.5 Å². The van der Waals surface area contributed by atoms with Crippen LogP contribution in [0.4, 0.5) is 13.2 Å². The number of hydrogen-bond acceptors (Lipinski definition) is 4. The Morgan fingerprint density at radius 3 is 2.35 bits per heavy atom. The number of carbonyl (C=O) groups is 1. The van der Waals surface area contributed by atoms with Crippen LogP contribution < -0.4 is 16.0 Å². The highest BCUT2D eigenvalue weighted by molar-refractivity contribution is 6.30. The van der Waals surface area contributed by atoms with Crippen molar-refractivity contribution in [1.29, 1.82) is 0 Å². The fourth-order valence-corrected chi connectivity index (χ4v) is 4.99. The van der Waals surface area contributed by atoms with Gasteiger partial charge in [0.15, 0.2) is 0 Å². The third kappa shape index (κ3) is 7.31. The van der Waals surface area contributed by atoms with Crippen LogP contribution in [0.15, 0.2) is 24.3 Å². The van der Waals surface area contributed by atoms with Gasteiger partial charge >= 0.3 is 6.18 Å². The average Bonchev–Trinajstić information content (AvgIpc) is 2.71. The van der Waals surface area contributed by atoms with Gasteiger partial charge in [0.1, 0.15) is 12.3 Å². The Labute approximate surface area is 206 Å². The second kappa shape index (κ2) is 12.0. The summed E-state index contributed by atoms with van der Waals surface area (Å²) in [5, 5.41) is 9.37. The summed E-state index contributed by atoms with van der Waals surface area (Å²) in [6.07, 6.45) is -4.30. The van der Waals surface area contributed by atoms with Crippen LogP contribution in [0.5, 0.6) is 0 Å². The zero-order valence-electron chi connectivity index (χ0n) is 19.6.